The van der Waals surface area contributed by atoms with Gasteiger partial charge in [0.05, 0.1) is 30.0 Å². The van der Waals surface area contributed by atoms with Crippen LogP contribution < -0.4 is 26.6 Å². The van der Waals surface area contributed by atoms with Crippen molar-refractivity contribution in [1.29, 1.82) is 0 Å². The lowest BCUT2D eigenvalue weighted by Gasteiger charge is -2.41. The standard InChI is InChI=1S/C36H41FN10O5S/c1-20-30(38)36(19-52-20)5-8-45(9-6-36)28-17-41-33(31(39)42-28)53-22-4-7-40-27(15-22)46-12-10-44(11-13-46)18-21-14-23-24(16-25(21)37)35(51)47(34(23)50)26-2-3-29(48)43-32(26)49/h4,7,14-17,20,26,30H,2-3,5-6,8-13,18-19,38H2,1H3,(H2,39,42)(H,43,48,49)/t20-,26?,30+/m0/s1. The van der Waals surface area contributed by atoms with E-state index < -0.39 is 35.5 Å². The van der Waals surface area contributed by atoms with E-state index in [-0.39, 0.29) is 53.6 Å². The van der Waals surface area contributed by atoms with Crippen LogP contribution in [0.1, 0.15) is 58.9 Å². The number of hydrogen-bond donors (Lipinski definition) is 3. The Hall–Kier alpha value is -4.71. The first-order valence-electron chi connectivity index (χ1n) is 17.9. The summed E-state index contributed by atoms with van der Waals surface area (Å²) < 4.78 is 21.2. The van der Waals surface area contributed by atoms with Gasteiger partial charge in [0.15, 0.2) is 5.82 Å². The molecule has 7 heterocycles. The van der Waals surface area contributed by atoms with E-state index in [9.17, 15) is 19.2 Å². The van der Waals surface area contributed by atoms with Crippen molar-refractivity contribution >= 4 is 52.8 Å². The normalized spacial score (nSPS) is 24.7. The van der Waals surface area contributed by atoms with Crippen LogP contribution in [0.5, 0.6) is 0 Å². The lowest BCUT2D eigenvalue weighted by Crippen LogP contribution is -2.54. The molecule has 4 fully saturated rings. The smallest absolute Gasteiger partial charge is 0.262 e. The topological polar surface area (TPSA) is 193 Å². The first-order chi connectivity index (χ1) is 25.5. The van der Waals surface area contributed by atoms with Crippen molar-refractivity contribution in [3.8, 4) is 0 Å². The Bertz CT molecular complexity index is 1990. The minimum atomic E-state index is -1.11. The number of aromatic nitrogens is 3. The monoisotopic (exact) mass is 744 g/mol. The highest BCUT2D eigenvalue weighted by Gasteiger charge is 2.48. The van der Waals surface area contributed by atoms with Crippen LogP contribution in [0.3, 0.4) is 0 Å². The largest absolute Gasteiger partial charge is 0.381 e. The molecule has 1 unspecified atom stereocenters. The number of carbonyl (C=O) groups excluding carboxylic acids is 4. The molecule has 15 nitrogen and oxygen atoms in total. The van der Waals surface area contributed by atoms with Gasteiger partial charge in [0.1, 0.15) is 28.5 Å². The number of carbonyl (C=O) groups is 4. The third-order valence-corrected chi connectivity index (χ3v) is 12.3. The molecule has 17 heteroatoms. The Labute approximate surface area is 309 Å². The van der Waals surface area contributed by atoms with Gasteiger partial charge in [0.25, 0.3) is 11.8 Å². The molecule has 0 saturated carbocycles. The van der Waals surface area contributed by atoms with Crippen LogP contribution in [-0.4, -0.2) is 112 Å². The lowest BCUT2D eigenvalue weighted by atomic mass is 9.73. The number of halogens is 1. The molecule has 53 heavy (non-hydrogen) atoms. The SMILES string of the molecule is C[C@@H]1OCC2(CCN(c3cnc(Sc4ccnc(N5CCN(Cc6cc7c(cc6F)C(=O)N(C6CCC(=O)NC6=O)C7=O)CC5)c4)c(N)n3)CC2)[C@@H]1N. The fourth-order valence-electron chi connectivity index (χ4n) is 8.05. The predicted octanol–water partition coefficient (Wildman–Crippen LogP) is 1.80. The zero-order valence-corrected chi connectivity index (χ0v) is 30.1. The number of ether oxygens (including phenoxy) is 1. The van der Waals surface area contributed by atoms with E-state index in [4.69, 9.17) is 21.2 Å². The summed E-state index contributed by atoms with van der Waals surface area (Å²) in [6.07, 6.45) is 5.52. The molecule has 0 bridgehead atoms. The summed E-state index contributed by atoms with van der Waals surface area (Å²) in [5.74, 6) is -1.23. The highest BCUT2D eigenvalue weighted by molar-refractivity contribution is 7.99. The van der Waals surface area contributed by atoms with Crippen molar-refractivity contribution in [3.05, 3.63) is 59.2 Å². The first kappa shape index (κ1) is 35.3. The van der Waals surface area contributed by atoms with E-state index in [0.717, 1.165) is 53.4 Å². The summed E-state index contributed by atoms with van der Waals surface area (Å²) >= 11 is 1.43. The second-order valence-corrected chi connectivity index (χ2v) is 15.5. The van der Waals surface area contributed by atoms with Crippen LogP contribution in [-0.2, 0) is 20.9 Å². The Kier molecular flexibility index (Phi) is 9.28. The number of hydrogen-bond acceptors (Lipinski definition) is 14. The molecule has 4 saturated heterocycles. The summed E-state index contributed by atoms with van der Waals surface area (Å²) in [6, 6.07) is 5.32. The number of anilines is 3. The maximum Gasteiger partial charge on any atom is 0.262 e. The summed E-state index contributed by atoms with van der Waals surface area (Å²) in [4.78, 5) is 72.5. The Morgan fingerprint density at radius 3 is 2.38 bits per heavy atom. The lowest BCUT2D eigenvalue weighted by molar-refractivity contribution is -0.136. The van der Waals surface area contributed by atoms with Crippen LogP contribution in [0.25, 0.3) is 0 Å². The van der Waals surface area contributed by atoms with Gasteiger partial charge < -0.3 is 26.0 Å². The Morgan fingerprint density at radius 2 is 1.70 bits per heavy atom. The van der Waals surface area contributed by atoms with Gasteiger partial charge in [-0.05, 0) is 50.5 Å². The number of piperidine rings is 2. The third-order valence-electron chi connectivity index (χ3n) is 11.3. The molecular formula is C36H41FN10O5S. The van der Waals surface area contributed by atoms with Crippen molar-refractivity contribution in [1.82, 2.24) is 30.1 Å². The van der Waals surface area contributed by atoms with Crippen LogP contribution in [0.4, 0.5) is 21.8 Å². The van der Waals surface area contributed by atoms with E-state index in [2.05, 4.69) is 30.0 Å². The average Bonchev–Trinajstić information content (AvgIpc) is 3.55. The van der Waals surface area contributed by atoms with Gasteiger partial charge in [0.2, 0.25) is 11.8 Å². The molecule has 5 N–H and O–H groups in total. The number of nitrogens with one attached hydrogen (secondary N) is 1. The van der Waals surface area contributed by atoms with E-state index >= 15 is 4.39 Å². The average molecular weight is 745 g/mol. The number of piperazine rings is 1. The maximum absolute atomic E-state index is 15.3. The van der Waals surface area contributed by atoms with Crippen LogP contribution in [0, 0.1) is 11.2 Å². The number of amides is 4. The number of rotatable bonds is 7. The van der Waals surface area contributed by atoms with Gasteiger partial charge in [-0.2, -0.15) is 0 Å². The van der Waals surface area contributed by atoms with Gasteiger partial charge in [-0.1, -0.05) is 11.8 Å². The summed E-state index contributed by atoms with van der Waals surface area (Å²) in [5.41, 5.74) is 13.2. The van der Waals surface area contributed by atoms with Gasteiger partial charge in [0, 0.05) is 80.3 Å². The van der Waals surface area contributed by atoms with Crippen molar-refractivity contribution in [2.24, 2.45) is 11.1 Å². The molecule has 5 aliphatic heterocycles. The highest BCUT2D eigenvalue weighted by Crippen LogP contribution is 2.42. The van der Waals surface area contributed by atoms with E-state index in [1.807, 2.05) is 19.1 Å². The van der Waals surface area contributed by atoms with Gasteiger partial charge >= 0.3 is 0 Å². The molecule has 0 radical (unpaired) electrons. The molecule has 4 amide bonds. The van der Waals surface area contributed by atoms with Crippen LogP contribution in [0.2, 0.25) is 0 Å². The number of nitrogens with two attached hydrogens (primary N) is 2. The Balaban J connectivity index is 0.867. The number of pyridine rings is 1. The predicted molar refractivity (Wildman–Crippen MR) is 193 cm³/mol. The van der Waals surface area contributed by atoms with Crippen molar-refractivity contribution in [2.75, 3.05) is 61.4 Å². The van der Waals surface area contributed by atoms with Crippen LogP contribution in [0.15, 0.2) is 46.6 Å². The van der Waals surface area contributed by atoms with Gasteiger partial charge in [-0.15, -0.1) is 0 Å². The molecule has 5 aliphatic rings. The quantitative estimate of drug-likeness (QED) is 0.297. The second-order valence-electron chi connectivity index (χ2n) is 14.5. The molecule has 1 spiro atoms. The number of benzene rings is 1. The van der Waals surface area contributed by atoms with Crippen molar-refractivity contribution in [2.45, 2.75) is 67.3 Å². The molecule has 2 aromatic heterocycles. The number of nitrogens with zero attached hydrogens (tertiary/aromatic N) is 7. The minimum absolute atomic E-state index is 0.0120. The van der Waals surface area contributed by atoms with E-state index in [1.54, 1.807) is 12.4 Å². The fourth-order valence-corrected chi connectivity index (χ4v) is 8.82. The van der Waals surface area contributed by atoms with E-state index in [1.165, 1.54) is 17.8 Å². The molecule has 278 valence electrons. The fraction of sp³-hybridized carbons (Fsp3) is 0.472. The van der Waals surface area contributed by atoms with Crippen molar-refractivity contribution in [3.63, 3.8) is 0 Å². The summed E-state index contributed by atoms with van der Waals surface area (Å²) in [7, 11) is 0. The van der Waals surface area contributed by atoms with Gasteiger partial charge in [-0.3, -0.25) is 34.3 Å². The number of imide groups is 2. The molecule has 8 rings (SSSR count). The molecule has 3 atom stereocenters. The number of nitrogen functional groups attached to an aromatic ring is 1. The molecule has 1 aromatic carbocycles. The first-order valence-corrected chi connectivity index (χ1v) is 18.7. The van der Waals surface area contributed by atoms with E-state index in [0.29, 0.717) is 43.6 Å². The highest BCUT2D eigenvalue weighted by atomic mass is 32.2. The zero-order chi connectivity index (χ0) is 37.0. The molecular weight excluding hydrogens is 704 g/mol. The minimum Gasteiger partial charge on any atom is -0.381 e. The Morgan fingerprint density at radius 1 is 0.981 bits per heavy atom. The third kappa shape index (κ3) is 6.59. The molecule has 0 aliphatic carbocycles. The van der Waals surface area contributed by atoms with Crippen molar-refractivity contribution < 1.29 is 28.3 Å². The van der Waals surface area contributed by atoms with Crippen LogP contribution >= 0.6 is 11.8 Å². The number of fused-ring (bicyclic) bond motifs is 1. The summed E-state index contributed by atoms with van der Waals surface area (Å²) in [5, 5.41) is 2.78. The second kappa shape index (κ2) is 13.9. The zero-order valence-electron chi connectivity index (χ0n) is 29.3. The molecule has 3 aromatic rings. The summed E-state index contributed by atoms with van der Waals surface area (Å²) in [6.45, 7) is 7.12. The van der Waals surface area contributed by atoms with Gasteiger partial charge in [-0.25, -0.2) is 19.3 Å². The maximum atomic E-state index is 15.3.